The van der Waals surface area contributed by atoms with Crippen LogP contribution in [0.2, 0.25) is 0 Å². The van der Waals surface area contributed by atoms with Crippen molar-refractivity contribution in [3.05, 3.63) is 48.8 Å². The molecule has 2 heterocycles. The molecular formula is C21H20F3N3O3. The minimum Gasteiger partial charge on any atom is -0.457 e. The molecule has 0 radical (unpaired) electrons. The van der Waals surface area contributed by atoms with Gasteiger partial charge in [-0.15, -0.1) is 13.2 Å². The Labute approximate surface area is 170 Å². The highest BCUT2D eigenvalue weighted by Crippen LogP contribution is 2.29. The van der Waals surface area contributed by atoms with Gasteiger partial charge in [0, 0.05) is 19.2 Å². The van der Waals surface area contributed by atoms with E-state index in [-0.39, 0.29) is 18.2 Å². The minimum atomic E-state index is -4.73. The van der Waals surface area contributed by atoms with Gasteiger partial charge in [0.1, 0.15) is 23.8 Å². The Morgan fingerprint density at radius 2 is 1.63 bits per heavy atom. The number of imidazole rings is 1. The maximum atomic E-state index is 12.5. The number of hydrogen-bond acceptors (Lipinski definition) is 4. The van der Waals surface area contributed by atoms with E-state index in [1.165, 1.54) is 30.7 Å². The van der Waals surface area contributed by atoms with Crippen molar-refractivity contribution in [1.82, 2.24) is 14.5 Å². The summed E-state index contributed by atoms with van der Waals surface area (Å²) in [6.45, 7) is 1.84. The van der Waals surface area contributed by atoms with Gasteiger partial charge in [-0.25, -0.2) is 4.98 Å². The van der Waals surface area contributed by atoms with E-state index >= 15 is 0 Å². The van der Waals surface area contributed by atoms with Gasteiger partial charge in [-0.3, -0.25) is 4.79 Å². The molecule has 3 aromatic rings. The fourth-order valence-electron chi connectivity index (χ4n) is 3.47. The van der Waals surface area contributed by atoms with Crippen LogP contribution in [-0.2, 0) is 11.3 Å². The van der Waals surface area contributed by atoms with Gasteiger partial charge in [0.25, 0.3) is 0 Å². The summed E-state index contributed by atoms with van der Waals surface area (Å²) in [5.74, 6) is 0.612. The predicted octanol–water partition coefficient (Wildman–Crippen LogP) is 4.74. The summed E-state index contributed by atoms with van der Waals surface area (Å²) in [4.78, 5) is 18.7. The van der Waals surface area contributed by atoms with Gasteiger partial charge in [0.15, 0.2) is 0 Å². The number of carbonyl (C=O) groups excluding carboxylic acids is 1. The fraction of sp³-hybridized carbons (Fsp3) is 0.333. The van der Waals surface area contributed by atoms with Gasteiger partial charge < -0.3 is 18.9 Å². The van der Waals surface area contributed by atoms with E-state index in [1.54, 1.807) is 23.0 Å². The van der Waals surface area contributed by atoms with Crippen molar-refractivity contribution in [2.75, 3.05) is 13.1 Å². The average Bonchev–Trinajstić information content (AvgIpc) is 3.11. The highest BCUT2D eigenvalue weighted by Gasteiger charge is 2.31. The molecule has 0 bridgehead atoms. The van der Waals surface area contributed by atoms with Crippen LogP contribution in [0, 0.1) is 0 Å². The number of hydrogen-bond donors (Lipinski definition) is 0. The number of nitrogens with zero attached hydrogens (tertiary/aromatic N) is 3. The van der Waals surface area contributed by atoms with Crippen molar-refractivity contribution in [1.29, 1.82) is 0 Å². The molecule has 1 fully saturated rings. The van der Waals surface area contributed by atoms with Crippen LogP contribution in [0.25, 0.3) is 11.0 Å². The van der Waals surface area contributed by atoms with Crippen LogP contribution in [0.4, 0.5) is 13.2 Å². The largest absolute Gasteiger partial charge is 0.573 e. The lowest BCUT2D eigenvalue weighted by molar-refractivity contribution is -0.274. The first-order chi connectivity index (χ1) is 14.4. The van der Waals surface area contributed by atoms with Crippen LogP contribution < -0.4 is 9.47 Å². The summed E-state index contributed by atoms with van der Waals surface area (Å²) >= 11 is 0. The molecule has 1 aliphatic rings. The first kappa shape index (κ1) is 20.1. The van der Waals surface area contributed by atoms with E-state index in [0.29, 0.717) is 17.0 Å². The summed E-state index contributed by atoms with van der Waals surface area (Å²) in [6, 6.07) is 10.4. The second kappa shape index (κ2) is 8.25. The second-order valence-corrected chi connectivity index (χ2v) is 7.09. The SMILES string of the molecule is O=C(Cn1cnc2cc(Oc3ccc(OC(F)(F)F)cc3)ccc21)N1CCCCC1. The third-order valence-electron chi connectivity index (χ3n) is 4.90. The highest BCUT2D eigenvalue weighted by molar-refractivity contribution is 5.81. The Morgan fingerprint density at radius 1 is 0.967 bits per heavy atom. The Kier molecular flexibility index (Phi) is 5.52. The van der Waals surface area contributed by atoms with Crippen molar-refractivity contribution >= 4 is 16.9 Å². The number of carbonyl (C=O) groups is 1. The number of alkyl halides is 3. The number of fused-ring (bicyclic) bond motifs is 1. The number of halogens is 3. The third-order valence-corrected chi connectivity index (χ3v) is 4.90. The standard InChI is InChI=1S/C21H20F3N3O3/c22-21(23,24)30-16-6-4-15(5-7-16)29-17-8-9-19-18(12-17)25-14-27(19)13-20(28)26-10-2-1-3-11-26/h4-9,12,14H,1-3,10-11,13H2. The summed E-state index contributed by atoms with van der Waals surface area (Å²) in [7, 11) is 0. The summed E-state index contributed by atoms with van der Waals surface area (Å²) in [6.07, 6.45) is 0.140. The van der Waals surface area contributed by atoms with E-state index in [4.69, 9.17) is 4.74 Å². The van der Waals surface area contributed by atoms with Crippen LogP contribution >= 0.6 is 0 Å². The number of likely N-dealkylation sites (tertiary alicyclic amines) is 1. The molecule has 158 valence electrons. The number of benzene rings is 2. The first-order valence-corrected chi connectivity index (χ1v) is 9.64. The van der Waals surface area contributed by atoms with Gasteiger partial charge in [0.05, 0.1) is 17.4 Å². The molecule has 0 spiro atoms. The molecule has 1 amide bonds. The van der Waals surface area contributed by atoms with E-state index in [2.05, 4.69) is 9.72 Å². The van der Waals surface area contributed by atoms with Crippen LogP contribution in [0.15, 0.2) is 48.8 Å². The molecule has 2 aromatic carbocycles. The first-order valence-electron chi connectivity index (χ1n) is 9.64. The Bertz CT molecular complexity index is 1030. The number of rotatable bonds is 5. The monoisotopic (exact) mass is 419 g/mol. The normalized spacial score (nSPS) is 14.7. The number of aromatic nitrogens is 2. The molecule has 0 aliphatic carbocycles. The summed E-state index contributed by atoms with van der Waals surface area (Å²) in [5.41, 5.74) is 1.47. The molecule has 1 aromatic heterocycles. The average molecular weight is 419 g/mol. The van der Waals surface area contributed by atoms with Crippen molar-refractivity contribution in [3.8, 4) is 17.2 Å². The second-order valence-electron chi connectivity index (χ2n) is 7.09. The molecule has 30 heavy (non-hydrogen) atoms. The van der Waals surface area contributed by atoms with Crippen molar-refractivity contribution < 1.29 is 27.4 Å². The Morgan fingerprint density at radius 3 is 2.33 bits per heavy atom. The van der Waals surface area contributed by atoms with E-state index in [1.807, 2.05) is 11.0 Å². The zero-order valence-corrected chi connectivity index (χ0v) is 16.1. The van der Waals surface area contributed by atoms with Crippen molar-refractivity contribution in [3.63, 3.8) is 0 Å². The zero-order valence-electron chi connectivity index (χ0n) is 16.1. The molecule has 0 unspecified atom stereocenters. The van der Waals surface area contributed by atoms with Gasteiger partial charge >= 0.3 is 6.36 Å². The van der Waals surface area contributed by atoms with Gasteiger partial charge in [0.2, 0.25) is 5.91 Å². The van der Waals surface area contributed by atoms with E-state index < -0.39 is 6.36 Å². The molecule has 4 rings (SSSR count). The summed E-state index contributed by atoms with van der Waals surface area (Å²) in [5, 5.41) is 0. The van der Waals surface area contributed by atoms with E-state index in [0.717, 1.165) is 31.4 Å². The molecule has 1 saturated heterocycles. The topological polar surface area (TPSA) is 56.6 Å². The molecule has 0 saturated carbocycles. The quantitative estimate of drug-likeness (QED) is 0.600. The van der Waals surface area contributed by atoms with E-state index in [9.17, 15) is 18.0 Å². The molecule has 9 heteroatoms. The highest BCUT2D eigenvalue weighted by atomic mass is 19.4. The van der Waals surface area contributed by atoms with Crippen LogP contribution in [0.3, 0.4) is 0 Å². The maximum absolute atomic E-state index is 12.5. The molecule has 1 aliphatic heterocycles. The zero-order chi connectivity index (χ0) is 21.1. The number of amides is 1. The molecule has 0 atom stereocenters. The molecule has 6 nitrogen and oxygen atoms in total. The van der Waals surface area contributed by atoms with Crippen LogP contribution in [-0.4, -0.2) is 39.8 Å². The lowest BCUT2D eigenvalue weighted by Crippen LogP contribution is -2.37. The van der Waals surface area contributed by atoms with Crippen LogP contribution in [0.5, 0.6) is 17.2 Å². The number of piperidine rings is 1. The molecule has 0 N–H and O–H groups in total. The number of ether oxygens (including phenoxy) is 2. The van der Waals surface area contributed by atoms with Gasteiger partial charge in [-0.05, 0) is 55.7 Å². The summed E-state index contributed by atoms with van der Waals surface area (Å²) < 4.78 is 48.1. The third kappa shape index (κ3) is 4.84. The van der Waals surface area contributed by atoms with Gasteiger partial charge in [-0.1, -0.05) is 0 Å². The lowest BCUT2D eigenvalue weighted by Gasteiger charge is -2.26. The Balaban J connectivity index is 1.43. The Hall–Kier alpha value is -3.23. The minimum absolute atomic E-state index is 0.0792. The molecular weight excluding hydrogens is 399 g/mol. The van der Waals surface area contributed by atoms with Crippen molar-refractivity contribution in [2.45, 2.75) is 32.2 Å². The van der Waals surface area contributed by atoms with Gasteiger partial charge in [-0.2, -0.15) is 0 Å². The maximum Gasteiger partial charge on any atom is 0.573 e. The van der Waals surface area contributed by atoms with Crippen LogP contribution in [0.1, 0.15) is 19.3 Å². The smallest absolute Gasteiger partial charge is 0.457 e. The predicted molar refractivity (Wildman–Crippen MR) is 103 cm³/mol. The fourth-order valence-corrected chi connectivity index (χ4v) is 3.47. The van der Waals surface area contributed by atoms with Crippen molar-refractivity contribution in [2.24, 2.45) is 0 Å². The lowest BCUT2D eigenvalue weighted by atomic mass is 10.1.